The van der Waals surface area contributed by atoms with Gasteiger partial charge in [0.15, 0.2) is 0 Å². The van der Waals surface area contributed by atoms with Gasteiger partial charge in [0, 0.05) is 10.8 Å². The average molecular weight is 823 g/mol. The fourth-order valence-corrected chi connectivity index (χ4v) is 10.9. The van der Waals surface area contributed by atoms with Gasteiger partial charge in [-0.05, 0) is 162 Å². The lowest BCUT2D eigenvalue weighted by atomic mass is 9.84. The van der Waals surface area contributed by atoms with Crippen LogP contribution >= 0.6 is 0 Å². The number of fused-ring (bicyclic) bond motifs is 16. The molecule has 14 rings (SSSR count). The summed E-state index contributed by atoms with van der Waals surface area (Å²) >= 11 is 0. The third kappa shape index (κ3) is 5.52. The highest BCUT2D eigenvalue weighted by atomic mass is 16.3. The monoisotopic (exact) mass is 822 g/mol. The van der Waals surface area contributed by atoms with Gasteiger partial charge in [-0.2, -0.15) is 0 Å². The maximum Gasteiger partial charge on any atom is 0.135 e. The third-order valence-electron chi connectivity index (χ3n) is 14.0. The zero-order chi connectivity index (χ0) is 42.6. The van der Waals surface area contributed by atoms with Gasteiger partial charge in [-0.1, -0.05) is 188 Å². The smallest absolute Gasteiger partial charge is 0.135 e. The first-order chi connectivity index (χ1) is 32.2. The summed E-state index contributed by atoms with van der Waals surface area (Å²) in [5, 5.41) is 19.9. The van der Waals surface area contributed by atoms with Gasteiger partial charge in [-0.3, -0.25) is 0 Å². The predicted octanol–water partition coefficient (Wildman–Crippen LogP) is 18.3. The van der Waals surface area contributed by atoms with Crippen LogP contribution in [0.2, 0.25) is 0 Å². The highest BCUT2D eigenvalue weighted by Crippen LogP contribution is 2.47. The van der Waals surface area contributed by atoms with Crippen LogP contribution in [-0.2, 0) is 0 Å². The minimum Gasteiger partial charge on any atom is -0.456 e. The highest BCUT2D eigenvalue weighted by Gasteiger charge is 2.20. The topological polar surface area (TPSA) is 13.1 Å². The van der Waals surface area contributed by atoms with E-state index in [1.807, 2.05) is 6.07 Å². The van der Waals surface area contributed by atoms with E-state index in [1.54, 1.807) is 0 Å². The van der Waals surface area contributed by atoms with E-state index >= 15 is 0 Å². The Morgan fingerprint density at radius 2 is 0.600 bits per heavy atom. The van der Waals surface area contributed by atoms with E-state index in [0.717, 1.165) is 21.9 Å². The summed E-state index contributed by atoms with van der Waals surface area (Å²) in [6.45, 7) is 0. The second-order valence-electron chi connectivity index (χ2n) is 17.5. The minimum atomic E-state index is 0.906. The molecule has 13 aromatic carbocycles. The molecule has 1 aromatic heterocycles. The summed E-state index contributed by atoms with van der Waals surface area (Å²) in [5.74, 6) is 0. The summed E-state index contributed by atoms with van der Waals surface area (Å²) < 4.78 is 6.30. The molecule has 0 unspecified atom stereocenters. The van der Waals surface area contributed by atoms with Gasteiger partial charge < -0.3 is 4.42 Å². The lowest BCUT2D eigenvalue weighted by molar-refractivity contribution is 0.669. The molecular formula is C64H38O. The minimum absolute atomic E-state index is 0.906. The van der Waals surface area contributed by atoms with Crippen molar-refractivity contribution in [2.45, 2.75) is 0 Å². The van der Waals surface area contributed by atoms with Gasteiger partial charge in [0.05, 0.1) is 0 Å². The summed E-state index contributed by atoms with van der Waals surface area (Å²) in [5.41, 5.74) is 11.5. The molecule has 0 radical (unpaired) electrons. The molecule has 0 spiro atoms. The second kappa shape index (κ2) is 14.0. The Bertz CT molecular complexity index is 4290. The predicted molar refractivity (Wildman–Crippen MR) is 278 cm³/mol. The second-order valence-corrected chi connectivity index (χ2v) is 17.5. The highest BCUT2D eigenvalue weighted by molar-refractivity contribution is 6.32. The summed E-state index contributed by atoms with van der Waals surface area (Å²) in [6, 6.07) is 85.1. The Kier molecular flexibility index (Phi) is 7.75. The molecule has 1 heteroatoms. The van der Waals surface area contributed by atoms with Gasteiger partial charge in [0.2, 0.25) is 0 Å². The number of furan rings is 1. The van der Waals surface area contributed by atoms with Crippen molar-refractivity contribution in [2.24, 2.45) is 0 Å². The Labute approximate surface area is 375 Å². The Hall–Kier alpha value is -8.52. The molecule has 14 aromatic rings. The van der Waals surface area contributed by atoms with Crippen molar-refractivity contribution in [3.63, 3.8) is 0 Å². The van der Waals surface area contributed by atoms with Crippen molar-refractivity contribution in [1.29, 1.82) is 0 Å². The molecule has 0 N–H and O–H groups in total. The van der Waals surface area contributed by atoms with Crippen molar-refractivity contribution in [2.75, 3.05) is 0 Å². The van der Waals surface area contributed by atoms with E-state index < -0.39 is 0 Å². The molecule has 300 valence electrons. The quantitative estimate of drug-likeness (QED) is 0.161. The first-order valence-electron chi connectivity index (χ1n) is 22.5. The number of hydrogen-bond acceptors (Lipinski definition) is 1. The van der Waals surface area contributed by atoms with Crippen molar-refractivity contribution in [3.05, 3.63) is 231 Å². The zero-order valence-electron chi connectivity index (χ0n) is 35.3. The van der Waals surface area contributed by atoms with E-state index in [2.05, 4.69) is 224 Å². The van der Waals surface area contributed by atoms with Crippen LogP contribution in [0.4, 0.5) is 0 Å². The van der Waals surface area contributed by atoms with E-state index in [9.17, 15) is 0 Å². The number of hydrogen-bond donors (Lipinski definition) is 0. The lowest BCUT2D eigenvalue weighted by Crippen LogP contribution is -1.91. The summed E-state index contributed by atoms with van der Waals surface area (Å²) in [7, 11) is 0. The van der Waals surface area contributed by atoms with Crippen molar-refractivity contribution >= 4 is 97.3 Å². The maximum atomic E-state index is 6.30. The van der Waals surface area contributed by atoms with Crippen molar-refractivity contribution < 1.29 is 4.42 Å². The van der Waals surface area contributed by atoms with E-state index in [0.29, 0.717) is 0 Å². The first-order valence-corrected chi connectivity index (χ1v) is 22.5. The summed E-state index contributed by atoms with van der Waals surface area (Å²) in [6.07, 6.45) is 0. The Morgan fingerprint density at radius 3 is 1.22 bits per heavy atom. The van der Waals surface area contributed by atoms with Crippen molar-refractivity contribution in [1.82, 2.24) is 0 Å². The van der Waals surface area contributed by atoms with Crippen LogP contribution in [-0.4, -0.2) is 0 Å². The summed E-state index contributed by atoms with van der Waals surface area (Å²) in [4.78, 5) is 0. The average Bonchev–Trinajstić information content (AvgIpc) is 3.76. The molecule has 0 saturated heterocycles. The lowest BCUT2D eigenvalue weighted by Gasteiger charge is -2.19. The maximum absolute atomic E-state index is 6.30. The van der Waals surface area contributed by atoms with E-state index in [-0.39, 0.29) is 0 Å². The fraction of sp³-hybridized carbons (Fsp3) is 0. The van der Waals surface area contributed by atoms with Crippen LogP contribution in [0.5, 0.6) is 0 Å². The number of benzene rings is 13. The molecule has 1 nitrogen and oxygen atoms in total. The molecule has 1 heterocycles. The number of para-hydroxylation sites is 1. The zero-order valence-corrected chi connectivity index (χ0v) is 35.3. The fourth-order valence-electron chi connectivity index (χ4n) is 10.9. The van der Waals surface area contributed by atoms with Crippen LogP contribution in [0.15, 0.2) is 235 Å². The van der Waals surface area contributed by atoms with Gasteiger partial charge in [-0.25, -0.2) is 0 Å². The number of rotatable bonds is 4. The SMILES string of the molecule is c1ccc(-c2ccc3ccc(-c4ccc5c6ccccc6c6ccc(-c7ccc(-c8ccc9oc%10ccccc%10c9c8)c8c9ccccc9c9ccccc9c78)cc6c5c4)cc3c2)cc1. The van der Waals surface area contributed by atoms with Crippen LogP contribution < -0.4 is 0 Å². The van der Waals surface area contributed by atoms with Gasteiger partial charge in [0.25, 0.3) is 0 Å². The normalized spacial score (nSPS) is 12.0. The van der Waals surface area contributed by atoms with Gasteiger partial charge in [0.1, 0.15) is 11.2 Å². The molecule has 0 aliphatic heterocycles. The molecule has 0 aliphatic carbocycles. The first kappa shape index (κ1) is 36.0. The van der Waals surface area contributed by atoms with E-state index in [4.69, 9.17) is 4.42 Å². The van der Waals surface area contributed by atoms with Crippen molar-refractivity contribution in [3.8, 4) is 44.5 Å². The largest absolute Gasteiger partial charge is 0.456 e. The molecule has 0 atom stereocenters. The van der Waals surface area contributed by atoms with Crippen LogP contribution in [0, 0.1) is 0 Å². The Balaban J connectivity index is 1.02. The van der Waals surface area contributed by atoms with Crippen LogP contribution in [0.25, 0.3) is 142 Å². The van der Waals surface area contributed by atoms with E-state index in [1.165, 1.54) is 120 Å². The molecular weight excluding hydrogens is 785 g/mol. The third-order valence-corrected chi connectivity index (χ3v) is 14.0. The Morgan fingerprint density at radius 1 is 0.200 bits per heavy atom. The molecule has 65 heavy (non-hydrogen) atoms. The molecule has 0 fully saturated rings. The molecule has 0 bridgehead atoms. The van der Waals surface area contributed by atoms with Gasteiger partial charge >= 0.3 is 0 Å². The van der Waals surface area contributed by atoms with Gasteiger partial charge in [-0.15, -0.1) is 0 Å². The molecule has 0 saturated carbocycles. The van der Waals surface area contributed by atoms with Crippen LogP contribution in [0.1, 0.15) is 0 Å². The molecule has 0 aliphatic rings. The van der Waals surface area contributed by atoms with Crippen LogP contribution in [0.3, 0.4) is 0 Å². The standard InChI is InChI=1S/C64H38O/c1-2-12-39(13-3-1)41-24-22-40-23-25-42(35-46(40)34-41)43-26-29-53-49-14-4-5-15-50(49)54-30-27-44(37-59(54)58(53)36-43)47-31-32-48(45-28-33-62-60(38-45)55-18-10-11-21-61(55)65-62)64-57-20-9-7-17-52(57)51-16-6-8-19-56(51)63(47)64/h1-38H. The molecule has 0 amide bonds.